The number of esters is 1. The molecule has 1 saturated heterocycles. The lowest BCUT2D eigenvalue weighted by Crippen LogP contribution is -2.51. The molecule has 0 N–H and O–H groups in total. The van der Waals surface area contributed by atoms with Gasteiger partial charge in [0.25, 0.3) is 0 Å². The Hall–Kier alpha value is -1.88. The van der Waals surface area contributed by atoms with Gasteiger partial charge in [0.15, 0.2) is 0 Å². The number of carbonyl (C=O) groups is 1. The quantitative estimate of drug-likeness (QED) is 0.579. The van der Waals surface area contributed by atoms with E-state index in [4.69, 9.17) is 9.84 Å². The molecule has 0 aromatic carbocycles. The second-order valence-electron chi connectivity index (χ2n) is 12.0. The molecule has 6 aliphatic rings. The van der Waals surface area contributed by atoms with Gasteiger partial charge in [0.1, 0.15) is 6.61 Å². The number of fused-ring (bicyclic) bond motifs is 5. The van der Waals surface area contributed by atoms with Crippen molar-refractivity contribution in [3.05, 3.63) is 34.9 Å². The standard InChI is InChI=1S/C28H39N3O2/c1-27-10-8-21(29-31-14-12-30(3)13-15-31)17-20(27)4-5-22-24-7-6-23(19-16-26(32)33-18-19)28(24,2)11-9-25(22)27/h6-7,16,20,22,25H,4-5,8-15,17-18H2,1-3H3/b29-21-/t20-,22-,25-,27-,28+/m0/s1. The number of hydrazone groups is 1. The molecule has 0 amide bonds. The van der Waals surface area contributed by atoms with Gasteiger partial charge in [-0.1, -0.05) is 31.6 Å². The number of carbonyl (C=O) groups excluding carboxylic acids is 1. The summed E-state index contributed by atoms with van der Waals surface area (Å²) in [5.41, 5.74) is 6.08. The molecule has 0 bridgehead atoms. The number of cyclic esters (lactones) is 1. The summed E-state index contributed by atoms with van der Waals surface area (Å²) in [7, 11) is 2.21. The van der Waals surface area contributed by atoms with Crippen molar-refractivity contribution in [2.24, 2.45) is 33.7 Å². The molecule has 178 valence electrons. The summed E-state index contributed by atoms with van der Waals surface area (Å²) < 4.78 is 5.25. The molecule has 5 nitrogen and oxygen atoms in total. The van der Waals surface area contributed by atoms with Crippen molar-refractivity contribution < 1.29 is 9.53 Å². The smallest absolute Gasteiger partial charge is 0.331 e. The second kappa shape index (κ2) is 7.83. The highest BCUT2D eigenvalue weighted by Gasteiger charge is 2.56. The van der Waals surface area contributed by atoms with E-state index < -0.39 is 0 Å². The van der Waals surface area contributed by atoms with Crippen molar-refractivity contribution in [1.82, 2.24) is 9.91 Å². The fourth-order valence-corrected chi connectivity index (χ4v) is 8.23. The number of hydrogen-bond donors (Lipinski definition) is 0. The van der Waals surface area contributed by atoms with Gasteiger partial charge in [-0.05, 0) is 80.7 Å². The van der Waals surface area contributed by atoms with E-state index in [-0.39, 0.29) is 11.4 Å². The van der Waals surface area contributed by atoms with Crippen LogP contribution in [0.1, 0.15) is 58.8 Å². The number of hydrogen-bond acceptors (Lipinski definition) is 5. The molecule has 0 aromatic heterocycles. The molecule has 0 radical (unpaired) electrons. The minimum atomic E-state index is -0.180. The van der Waals surface area contributed by atoms with Gasteiger partial charge in [0.05, 0.1) is 0 Å². The highest BCUT2D eigenvalue weighted by molar-refractivity contribution is 5.87. The molecule has 2 aliphatic heterocycles. The van der Waals surface area contributed by atoms with Crippen LogP contribution < -0.4 is 0 Å². The molecule has 3 saturated carbocycles. The molecule has 5 heteroatoms. The van der Waals surface area contributed by atoms with E-state index in [0.717, 1.165) is 43.6 Å². The first kappa shape index (κ1) is 21.6. The number of allylic oxidation sites excluding steroid dienone is 3. The summed E-state index contributed by atoms with van der Waals surface area (Å²) in [6, 6.07) is 0. The summed E-state index contributed by atoms with van der Waals surface area (Å²) in [5.74, 6) is 2.07. The zero-order valence-electron chi connectivity index (χ0n) is 20.6. The van der Waals surface area contributed by atoms with E-state index in [1.165, 1.54) is 56.2 Å². The highest BCUT2D eigenvalue weighted by Crippen LogP contribution is 2.65. The Morgan fingerprint density at radius 1 is 1.06 bits per heavy atom. The van der Waals surface area contributed by atoms with E-state index in [2.05, 4.69) is 43.0 Å². The Balaban J connectivity index is 1.18. The van der Waals surface area contributed by atoms with Gasteiger partial charge >= 0.3 is 5.97 Å². The average Bonchev–Trinajstić information content (AvgIpc) is 3.38. The van der Waals surface area contributed by atoms with Gasteiger partial charge in [-0.15, -0.1) is 0 Å². The van der Waals surface area contributed by atoms with Crippen LogP contribution in [0.25, 0.3) is 0 Å². The van der Waals surface area contributed by atoms with E-state index >= 15 is 0 Å². The van der Waals surface area contributed by atoms with Gasteiger partial charge in [-0.2, -0.15) is 5.10 Å². The van der Waals surface area contributed by atoms with Crippen LogP contribution in [0.2, 0.25) is 0 Å². The molecular weight excluding hydrogens is 410 g/mol. The number of nitrogens with zero attached hydrogens (tertiary/aromatic N) is 3. The zero-order valence-corrected chi connectivity index (χ0v) is 20.6. The zero-order chi connectivity index (χ0) is 22.8. The maximum absolute atomic E-state index is 11.7. The largest absolute Gasteiger partial charge is 0.458 e. The lowest BCUT2D eigenvalue weighted by atomic mass is 9.46. The van der Waals surface area contributed by atoms with Gasteiger partial charge in [0, 0.05) is 49.0 Å². The van der Waals surface area contributed by atoms with Crippen molar-refractivity contribution in [2.45, 2.75) is 58.8 Å². The van der Waals surface area contributed by atoms with Crippen molar-refractivity contribution in [3.8, 4) is 0 Å². The first-order chi connectivity index (χ1) is 15.9. The fourth-order valence-electron chi connectivity index (χ4n) is 8.23. The maximum Gasteiger partial charge on any atom is 0.331 e. The van der Waals surface area contributed by atoms with Gasteiger partial charge in [0.2, 0.25) is 0 Å². The van der Waals surface area contributed by atoms with E-state index in [1.807, 2.05) is 0 Å². The highest BCUT2D eigenvalue weighted by atomic mass is 16.5. The Morgan fingerprint density at radius 3 is 2.64 bits per heavy atom. The Morgan fingerprint density at radius 2 is 1.88 bits per heavy atom. The lowest BCUT2D eigenvalue weighted by molar-refractivity contribution is -0.134. The molecule has 4 aliphatic carbocycles. The van der Waals surface area contributed by atoms with Crippen LogP contribution in [0.3, 0.4) is 0 Å². The van der Waals surface area contributed by atoms with Crippen LogP contribution in [0.4, 0.5) is 0 Å². The van der Waals surface area contributed by atoms with Crippen LogP contribution in [-0.4, -0.2) is 61.4 Å². The molecule has 2 heterocycles. The Labute approximate surface area is 198 Å². The van der Waals surface area contributed by atoms with Crippen molar-refractivity contribution in [3.63, 3.8) is 0 Å². The van der Waals surface area contributed by atoms with Crippen molar-refractivity contribution in [2.75, 3.05) is 39.8 Å². The maximum atomic E-state index is 11.7. The topological polar surface area (TPSA) is 45.1 Å². The van der Waals surface area contributed by atoms with Crippen molar-refractivity contribution >= 4 is 11.7 Å². The van der Waals surface area contributed by atoms with Crippen molar-refractivity contribution in [1.29, 1.82) is 0 Å². The molecule has 33 heavy (non-hydrogen) atoms. The first-order valence-corrected chi connectivity index (χ1v) is 13.2. The minimum absolute atomic E-state index is 0.0902. The Bertz CT molecular complexity index is 970. The second-order valence-corrected chi connectivity index (χ2v) is 12.0. The van der Waals surface area contributed by atoms with Crippen LogP contribution in [0, 0.1) is 28.6 Å². The summed E-state index contributed by atoms with van der Waals surface area (Å²) in [6.45, 7) is 9.88. The van der Waals surface area contributed by atoms with Gasteiger partial charge < -0.3 is 9.64 Å². The third-order valence-electron chi connectivity index (χ3n) is 10.3. The van der Waals surface area contributed by atoms with Crippen LogP contribution in [0.15, 0.2) is 40.0 Å². The van der Waals surface area contributed by atoms with E-state index in [1.54, 1.807) is 11.6 Å². The summed E-state index contributed by atoms with van der Waals surface area (Å²) >= 11 is 0. The van der Waals surface area contributed by atoms with E-state index in [0.29, 0.717) is 17.9 Å². The molecule has 0 spiro atoms. The van der Waals surface area contributed by atoms with Crippen LogP contribution in [-0.2, 0) is 9.53 Å². The number of rotatable bonds is 2. The molecule has 6 rings (SSSR count). The predicted molar refractivity (Wildman–Crippen MR) is 131 cm³/mol. The summed E-state index contributed by atoms with van der Waals surface area (Å²) in [6.07, 6.45) is 15.3. The monoisotopic (exact) mass is 449 g/mol. The Kier molecular flexibility index (Phi) is 5.13. The average molecular weight is 450 g/mol. The number of ether oxygens (including phenoxy) is 1. The SMILES string of the molecule is CN1CCN(/N=C2/CC[C@@]3(C)[C@@H](CC[C@H]4C5=CC=C(C6=CC(=O)OC6)[C@@]5(C)CC[C@@H]43)C2)CC1. The molecule has 4 fully saturated rings. The normalized spacial score (nSPS) is 42.2. The summed E-state index contributed by atoms with van der Waals surface area (Å²) in [5, 5.41) is 7.47. The number of piperazine rings is 1. The van der Waals surface area contributed by atoms with Gasteiger partial charge in [-0.25, -0.2) is 4.79 Å². The first-order valence-electron chi connectivity index (χ1n) is 13.2. The molecular formula is C28H39N3O2. The predicted octanol–water partition coefficient (Wildman–Crippen LogP) is 4.57. The third-order valence-corrected chi connectivity index (χ3v) is 10.3. The molecule has 0 aromatic rings. The third kappa shape index (κ3) is 3.45. The lowest BCUT2D eigenvalue weighted by Gasteiger charge is -2.59. The number of likely N-dealkylation sites (N-methyl/N-ethyl adjacent to an activating group) is 1. The molecule has 0 unspecified atom stereocenters. The van der Waals surface area contributed by atoms with Crippen LogP contribution >= 0.6 is 0 Å². The van der Waals surface area contributed by atoms with Gasteiger partial charge in [-0.3, -0.25) is 5.01 Å². The summed E-state index contributed by atoms with van der Waals surface area (Å²) in [4.78, 5) is 14.1. The fraction of sp³-hybridized carbons (Fsp3) is 0.714. The minimum Gasteiger partial charge on any atom is -0.458 e. The molecule has 5 atom stereocenters. The van der Waals surface area contributed by atoms with E-state index in [9.17, 15) is 4.79 Å². The van der Waals surface area contributed by atoms with Crippen LogP contribution in [0.5, 0.6) is 0 Å².